The summed E-state index contributed by atoms with van der Waals surface area (Å²) in [6, 6.07) is 8.08. The van der Waals surface area contributed by atoms with E-state index in [4.69, 9.17) is 11.6 Å². The molecule has 0 aliphatic heterocycles. The van der Waals surface area contributed by atoms with Gasteiger partial charge in [0.15, 0.2) is 5.82 Å². The number of hydrogen-bond acceptors (Lipinski definition) is 6. The second-order valence-electron chi connectivity index (χ2n) is 4.63. The highest BCUT2D eigenvalue weighted by molar-refractivity contribution is 6.31. The van der Waals surface area contributed by atoms with Crippen LogP contribution in [0.25, 0.3) is 0 Å². The van der Waals surface area contributed by atoms with Gasteiger partial charge in [-0.25, -0.2) is 4.39 Å². The molecule has 0 saturated heterocycles. The van der Waals surface area contributed by atoms with Crippen LogP contribution in [0.5, 0.6) is 0 Å². The lowest BCUT2D eigenvalue weighted by molar-refractivity contribution is 0.628. The van der Waals surface area contributed by atoms with Crippen LogP contribution < -0.4 is 10.6 Å². The second kappa shape index (κ2) is 6.97. The number of aromatic nitrogens is 4. The SMILES string of the molecule is Fc1ccc(Nc2nncc(NCc3cccnc3)n2)cc1Cl. The summed E-state index contributed by atoms with van der Waals surface area (Å²) >= 11 is 5.74. The highest BCUT2D eigenvalue weighted by Gasteiger charge is 2.04. The molecule has 0 amide bonds. The maximum atomic E-state index is 13.1. The Labute approximate surface area is 136 Å². The van der Waals surface area contributed by atoms with Gasteiger partial charge < -0.3 is 10.6 Å². The predicted molar refractivity (Wildman–Crippen MR) is 86.1 cm³/mol. The van der Waals surface area contributed by atoms with Gasteiger partial charge in [-0.05, 0) is 29.8 Å². The molecule has 0 aliphatic rings. The van der Waals surface area contributed by atoms with E-state index in [1.165, 1.54) is 18.3 Å². The molecule has 0 radical (unpaired) electrons. The monoisotopic (exact) mass is 330 g/mol. The summed E-state index contributed by atoms with van der Waals surface area (Å²) in [6.45, 7) is 0.564. The zero-order valence-electron chi connectivity index (χ0n) is 11.9. The third kappa shape index (κ3) is 4.10. The van der Waals surface area contributed by atoms with E-state index in [0.717, 1.165) is 5.56 Å². The zero-order chi connectivity index (χ0) is 16.1. The minimum atomic E-state index is -0.483. The molecular formula is C15H12ClFN6. The van der Waals surface area contributed by atoms with E-state index in [9.17, 15) is 4.39 Å². The maximum absolute atomic E-state index is 13.1. The molecule has 0 saturated carbocycles. The molecule has 2 heterocycles. The van der Waals surface area contributed by atoms with E-state index in [2.05, 4.69) is 30.8 Å². The van der Waals surface area contributed by atoms with Crippen LogP contribution in [0.15, 0.2) is 48.9 Å². The van der Waals surface area contributed by atoms with Gasteiger partial charge >= 0.3 is 0 Å². The van der Waals surface area contributed by atoms with Crippen LogP contribution in [-0.4, -0.2) is 20.2 Å². The number of benzene rings is 1. The maximum Gasteiger partial charge on any atom is 0.249 e. The first kappa shape index (κ1) is 15.1. The van der Waals surface area contributed by atoms with E-state index in [-0.39, 0.29) is 11.0 Å². The third-order valence-corrected chi connectivity index (χ3v) is 3.22. The summed E-state index contributed by atoms with van der Waals surface area (Å²) in [5.41, 5.74) is 1.59. The van der Waals surface area contributed by atoms with Crippen LogP contribution >= 0.6 is 11.6 Å². The lowest BCUT2D eigenvalue weighted by Gasteiger charge is -2.08. The minimum absolute atomic E-state index is 0.0221. The number of anilines is 3. The first-order valence-corrected chi connectivity index (χ1v) is 7.13. The van der Waals surface area contributed by atoms with Gasteiger partial charge in [0, 0.05) is 24.6 Å². The van der Waals surface area contributed by atoms with Crippen LogP contribution in [0.2, 0.25) is 5.02 Å². The van der Waals surface area contributed by atoms with Crippen molar-refractivity contribution in [1.82, 2.24) is 20.2 Å². The molecule has 2 aromatic heterocycles. The third-order valence-electron chi connectivity index (χ3n) is 2.93. The molecule has 6 nitrogen and oxygen atoms in total. The van der Waals surface area contributed by atoms with Crippen LogP contribution in [-0.2, 0) is 6.54 Å². The largest absolute Gasteiger partial charge is 0.364 e. The van der Waals surface area contributed by atoms with Crippen LogP contribution in [0.4, 0.5) is 21.8 Å². The molecule has 0 aliphatic carbocycles. The van der Waals surface area contributed by atoms with Crippen molar-refractivity contribution in [1.29, 1.82) is 0 Å². The fourth-order valence-corrected chi connectivity index (χ4v) is 2.02. The Morgan fingerprint density at radius 1 is 1.17 bits per heavy atom. The summed E-state index contributed by atoms with van der Waals surface area (Å²) in [6.07, 6.45) is 4.99. The zero-order valence-corrected chi connectivity index (χ0v) is 12.6. The molecule has 0 unspecified atom stereocenters. The van der Waals surface area contributed by atoms with Crippen molar-refractivity contribution >= 4 is 29.1 Å². The van der Waals surface area contributed by atoms with Gasteiger partial charge in [0.2, 0.25) is 5.95 Å². The number of nitrogens with zero attached hydrogens (tertiary/aromatic N) is 4. The van der Waals surface area contributed by atoms with E-state index < -0.39 is 5.82 Å². The van der Waals surface area contributed by atoms with E-state index >= 15 is 0 Å². The molecule has 3 rings (SSSR count). The number of rotatable bonds is 5. The molecule has 1 aromatic carbocycles. The number of pyridine rings is 1. The quantitative estimate of drug-likeness (QED) is 0.746. The average molecular weight is 331 g/mol. The van der Waals surface area contributed by atoms with Crippen LogP contribution in [0.3, 0.4) is 0 Å². The van der Waals surface area contributed by atoms with Crippen LogP contribution in [0.1, 0.15) is 5.56 Å². The molecule has 0 fully saturated rings. The number of hydrogen-bond donors (Lipinski definition) is 2. The van der Waals surface area contributed by atoms with Crippen molar-refractivity contribution < 1.29 is 4.39 Å². The van der Waals surface area contributed by atoms with Crippen molar-refractivity contribution in [3.63, 3.8) is 0 Å². The van der Waals surface area contributed by atoms with Gasteiger partial charge in [-0.15, -0.1) is 5.10 Å². The van der Waals surface area contributed by atoms with Crippen molar-refractivity contribution in [3.05, 3.63) is 65.3 Å². The van der Waals surface area contributed by atoms with E-state index in [1.807, 2.05) is 12.1 Å². The van der Waals surface area contributed by atoms with Gasteiger partial charge in [0.1, 0.15) is 5.82 Å². The standard InChI is InChI=1S/C15H12ClFN6/c16-12-6-11(3-4-13(12)17)21-15-22-14(9-20-23-15)19-8-10-2-1-5-18-7-10/h1-7,9H,8H2,(H2,19,21,22,23). The average Bonchev–Trinajstić information content (AvgIpc) is 2.58. The van der Waals surface area contributed by atoms with Gasteiger partial charge in [0.05, 0.1) is 11.2 Å². The Kier molecular flexibility index (Phi) is 4.58. The van der Waals surface area contributed by atoms with Crippen molar-refractivity contribution in [3.8, 4) is 0 Å². The molecule has 2 N–H and O–H groups in total. The smallest absolute Gasteiger partial charge is 0.249 e. The first-order chi connectivity index (χ1) is 11.2. The van der Waals surface area contributed by atoms with Crippen LogP contribution in [0, 0.1) is 5.82 Å². The van der Waals surface area contributed by atoms with Crippen molar-refractivity contribution in [2.45, 2.75) is 6.54 Å². The van der Waals surface area contributed by atoms with Gasteiger partial charge in [-0.2, -0.15) is 10.1 Å². The fraction of sp³-hybridized carbons (Fsp3) is 0.0667. The fourth-order valence-electron chi connectivity index (χ4n) is 1.84. The number of halogens is 2. The van der Waals surface area contributed by atoms with Gasteiger partial charge in [0.25, 0.3) is 0 Å². The summed E-state index contributed by atoms with van der Waals surface area (Å²) in [7, 11) is 0. The lowest BCUT2D eigenvalue weighted by Crippen LogP contribution is -2.05. The summed E-state index contributed by atoms with van der Waals surface area (Å²) < 4.78 is 13.1. The normalized spacial score (nSPS) is 10.3. The summed E-state index contributed by atoms with van der Waals surface area (Å²) in [5.74, 6) is 0.353. The molecule has 116 valence electrons. The minimum Gasteiger partial charge on any atom is -0.364 e. The Bertz CT molecular complexity index is 799. The summed E-state index contributed by atoms with van der Waals surface area (Å²) in [4.78, 5) is 8.32. The Morgan fingerprint density at radius 3 is 2.87 bits per heavy atom. The van der Waals surface area contributed by atoms with Gasteiger partial charge in [-0.1, -0.05) is 17.7 Å². The van der Waals surface area contributed by atoms with E-state index in [0.29, 0.717) is 18.1 Å². The second-order valence-corrected chi connectivity index (χ2v) is 5.04. The molecule has 0 atom stereocenters. The first-order valence-electron chi connectivity index (χ1n) is 6.75. The molecular weight excluding hydrogens is 319 g/mol. The van der Waals surface area contributed by atoms with Gasteiger partial charge in [-0.3, -0.25) is 4.98 Å². The number of nitrogens with one attached hydrogen (secondary N) is 2. The van der Waals surface area contributed by atoms with Crippen molar-refractivity contribution in [2.24, 2.45) is 0 Å². The molecule has 0 bridgehead atoms. The topological polar surface area (TPSA) is 75.6 Å². The Morgan fingerprint density at radius 2 is 2.09 bits per heavy atom. The summed E-state index contributed by atoms with van der Waals surface area (Å²) in [5, 5.41) is 13.8. The van der Waals surface area contributed by atoms with E-state index in [1.54, 1.807) is 18.5 Å². The molecule has 3 aromatic rings. The Balaban J connectivity index is 1.68. The Hall–Kier alpha value is -2.80. The van der Waals surface area contributed by atoms with Crippen molar-refractivity contribution in [2.75, 3.05) is 10.6 Å². The molecule has 0 spiro atoms. The molecule has 23 heavy (non-hydrogen) atoms. The highest BCUT2D eigenvalue weighted by Crippen LogP contribution is 2.21. The molecule has 8 heteroatoms. The predicted octanol–water partition coefficient (Wildman–Crippen LogP) is 3.41. The lowest BCUT2D eigenvalue weighted by atomic mass is 10.3. The highest BCUT2D eigenvalue weighted by atomic mass is 35.5.